The molecule has 0 bridgehead atoms. The first-order valence-corrected chi connectivity index (χ1v) is 44.1. The van der Waals surface area contributed by atoms with Crippen LogP contribution in [-0.2, 0) is 0 Å². The summed E-state index contributed by atoms with van der Waals surface area (Å²) in [6.07, 6.45) is -1.07. The van der Waals surface area contributed by atoms with Gasteiger partial charge >= 0.3 is 120 Å². The summed E-state index contributed by atoms with van der Waals surface area (Å²) in [5.74, 6) is 0. The third kappa shape index (κ3) is 9.22. The fraction of sp³-hybridized carbons (Fsp3) is 0.533. The Kier molecular flexibility index (Phi) is 13.7. The molecule has 0 saturated heterocycles. The van der Waals surface area contributed by atoms with Crippen LogP contribution in [0.25, 0.3) is 9.60 Å². The van der Waals surface area contributed by atoms with Crippen molar-refractivity contribution in [2.24, 2.45) is 0 Å². The van der Waals surface area contributed by atoms with Gasteiger partial charge in [0.1, 0.15) is 0 Å². The van der Waals surface area contributed by atoms with Crippen molar-refractivity contribution in [3.63, 3.8) is 0 Å². The molecule has 9 heteroatoms. The summed E-state index contributed by atoms with van der Waals surface area (Å²) in [6, 6.07) is 21.5. The van der Waals surface area contributed by atoms with Gasteiger partial charge in [0.15, 0.2) is 0 Å². The second-order valence-electron chi connectivity index (χ2n) is 15.6. The van der Waals surface area contributed by atoms with Crippen LogP contribution in [0, 0.1) is 0 Å². The maximum Gasteiger partial charge on any atom is 0.0303 e. The van der Waals surface area contributed by atoms with Gasteiger partial charge in [0.2, 0.25) is 0 Å². The van der Waals surface area contributed by atoms with Crippen molar-refractivity contribution in [3.05, 3.63) is 71.8 Å². The van der Waals surface area contributed by atoms with Gasteiger partial charge in [-0.05, 0) is 0 Å². The van der Waals surface area contributed by atoms with Crippen molar-refractivity contribution in [3.8, 4) is 0 Å². The molecule has 0 aliphatic rings. The maximum absolute atomic E-state index is 2.79. The van der Waals surface area contributed by atoms with Gasteiger partial charge in [-0.15, -0.1) is 0 Å². The summed E-state index contributed by atoms with van der Waals surface area (Å²) < 4.78 is 1.42. The van der Waals surface area contributed by atoms with E-state index in [0.29, 0.717) is 0 Å². The van der Waals surface area contributed by atoms with E-state index in [2.05, 4.69) is 182 Å². The summed E-state index contributed by atoms with van der Waals surface area (Å²) in [7, 11) is -4.88. The van der Waals surface area contributed by atoms with Crippen LogP contribution in [0.4, 0.5) is 0 Å². The molecule has 0 spiro atoms. The predicted molar refractivity (Wildman–Crippen MR) is 205 cm³/mol. The zero-order valence-electron chi connectivity index (χ0n) is 28.3. The Balaban J connectivity index is 0.000000393. The Morgan fingerprint density at radius 1 is 0.538 bits per heavy atom. The molecule has 0 heterocycles. The van der Waals surface area contributed by atoms with Crippen molar-refractivity contribution >= 4 is 87.1 Å². The van der Waals surface area contributed by atoms with Gasteiger partial charge in [-0.2, -0.15) is 0 Å². The Bertz CT molecular complexity index is 1030. The summed E-state index contributed by atoms with van der Waals surface area (Å²) in [5, 5.41) is 1.53. The Hall–Kier alpha value is 0.458. The van der Waals surface area contributed by atoms with Gasteiger partial charge < -0.3 is 0 Å². The summed E-state index contributed by atoms with van der Waals surface area (Å²) >= 11 is 2.25. The van der Waals surface area contributed by atoms with E-state index in [1.807, 2.05) is 0 Å². The standard InChI is InChI=1S/C16H16GeSi.C14H42Si7/c1-18(2)16(14-11-7-4-8-12-14)15(17)13-9-5-3-6-10-13;1-15(2)21(19(9,10)11,20(12,13)14)16(17(3,4)5)18(6,7)8/h3-12H,1-2H3;1-14H3/b16-15-;. The van der Waals surface area contributed by atoms with Gasteiger partial charge in [-0.25, -0.2) is 0 Å². The molecule has 0 fully saturated rings. The molecule has 0 aliphatic carbocycles. The molecule has 0 saturated carbocycles. The average molecular weight is 716 g/mol. The normalized spacial score (nSPS) is 14.4. The van der Waals surface area contributed by atoms with Crippen LogP contribution in [0.5, 0.6) is 0 Å². The number of rotatable bonds is 9. The van der Waals surface area contributed by atoms with Crippen LogP contribution in [0.2, 0.25) is 105 Å². The van der Waals surface area contributed by atoms with Gasteiger partial charge in [-0.1, -0.05) is 91.7 Å². The molecule has 6 radical (unpaired) electrons. The minimum Gasteiger partial charge on any atom is -0.0739 e. The largest absolute Gasteiger partial charge is 0.0739 e. The van der Waals surface area contributed by atoms with E-state index in [1.54, 1.807) is 0 Å². The second kappa shape index (κ2) is 14.3. The molecule has 0 unspecified atom stereocenters. The zero-order chi connectivity index (χ0) is 30.6. The topological polar surface area (TPSA) is 0 Å². The van der Waals surface area contributed by atoms with Crippen molar-refractivity contribution in [1.29, 1.82) is 0 Å². The van der Waals surface area contributed by atoms with Crippen LogP contribution in [0.1, 0.15) is 11.1 Å². The number of hydrogen-bond donors (Lipinski definition) is 0. The first-order valence-electron chi connectivity index (χ1n) is 14.6. The smallest absolute Gasteiger partial charge is 0.0303 e. The molecule has 0 amide bonds. The molecule has 2 rings (SSSR count). The van der Waals surface area contributed by atoms with Crippen molar-refractivity contribution < 1.29 is 0 Å². The quantitative estimate of drug-likeness (QED) is 0.179. The van der Waals surface area contributed by atoms with Crippen molar-refractivity contribution in [1.82, 2.24) is 0 Å². The Morgan fingerprint density at radius 3 is 1.10 bits per heavy atom. The maximum atomic E-state index is 2.79. The van der Waals surface area contributed by atoms with Gasteiger partial charge in [0.05, 0.1) is 0 Å². The molecule has 0 aromatic heterocycles. The molecule has 39 heavy (non-hydrogen) atoms. The molecule has 0 aliphatic heterocycles. The molecule has 0 N–H and O–H groups in total. The van der Waals surface area contributed by atoms with Gasteiger partial charge in [-0.3, -0.25) is 0 Å². The average Bonchev–Trinajstić information content (AvgIpc) is 2.75. The summed E-state index contributed by atoms with van der Waals surface area (Å²) in [5.41, 5.74) is 2.71. The molecular formula is C30H58GeSi8. The van der Waals surface area contributed by atoms with E-state index < -0.39 is 45.3 Å². The van der Waals surface area contributed by atoms with Crippen LogP contribution in [0.15, 0.2) is 60.7 Å². The van der Waals surface area contributed by atoms with E-state index in [1.165, 1.54) is 20.7 Å². The monoisotopic (exact) mass is 716 g/mol. The van der Waals surface area contributed by atoms with E-state index in [-0.39, 0.29) is 15.7 Å². The third-order valence-electron chi connectivity index (χ3n) is 7.75. The number of benzene rings is 2. The first-order chi connectivity index (χ1) is 17.5. The zero-order valence-corrected chi connectivity index (χ0v) is 38.4. The molecule has 2 aromatic rings. The van der Waals surface area contributed by atoms with E-state index in [4.69, 9.17) is 0 Å². The first kappa shape index (κ1) is 37.5. The molecular weight excluding hydrogens is 658 g/mol. The van der Waals surface area contributed by atoms with E-state index in [9.17, 15) is 0 Å². The van der Waals surface area contributed by atoms with E-state index >= 15 is 0 Å². The summed E-state index contributed by atoms with van der Waals surface area (Å²) in [4.78, 5) is 0. The van der Waals surface area contributed by atoms with Gasteiger partial charge in [0.25, 0.3) is 0 Å². The van der Waals surface area contributed by atoms with Gasteiger partial charge in [0, 0.05) is 52.2 Å². The van der Waals surface area contributed by atoms with Crippen molar-refractivity contribution in [2.75, 3.05) is 0 Å². The van der Waals surface area contributed by atoms with E-state index in [0.717, 1.165) is 0 Å². The molecule has 214 valence electrons. The molecule has 2 aromatic carbocycles. The minimum absolute atomic E-state index is 0.102. The molecule has 0 atom stereocenters. The van der Waals surface area contributed by atoms with Crippen LogP contribution in [-0.4, -0.2) is 77.5 Å². The fourth-order valence-electron chi connectivity index (χ4n) is 7.91. The third-order valence-corrected chi connectivity index (χ3v) is 158. The second-order valence-corrected chi connectivity index (χ2v) is 89.4. The SMILES string of the molecule is C[Si](C)/C(=[C](\[Ge])c1ccccc1)c1ccccc1.C[Si](C)[Si]([Si]([Si](C)(C)C)[Si](C)(C)C)([Si](C)(C)C)[Si](C)(C)C. The van der Waals surface area contributed by atoms with Crippen LogP contribution in [0.3, 0.4) is 0 Å². The minimum atomic E-state index is -1.07. The van der Waals surface area contributed by atoms with Crippen LogP contribution >= 0.6 is 0 Å². The summed E-state index contributed by atoms with van der Waals surface area (Å²) in [6.45, 7) is 43.5. The Morgan fingerprint density at radius 2 is 0.872 bits per heavy atom. The predicted octanol–water partition coefficient (Wildman–Crippen LogP) is 9.52. The van der Waals surface area contributed by atoms with Crippen molar-refractivity contribution in [2.45, 2.75) is 105 Å². The van der Waals surface area contributed by atoms with Crippen LogP contribution < -0.4 is 0 Å². The number of hydrogen-bond acceptors (Lipinski definition) is 0. The fourth-order valence-corrected chi connectivity index (χ4v) is 279. The molecule has 0 nitrogen and oxygen atoms in total. The Labute approximate surface area is 261 Å².